The Hall–Kier alpha value is -3.69. The number of benzene rings is 3. The molecule has 35 heavy (non-hydrogen) atoms. The Morgan fingerprint density at radius 2 is 1.71 bits per heavy atom. The number of halogens is 1. The minimum Gasteiger partial charge on any atom is -0.497 e. The maximum absolute atomic E-state index is 12.4. The first-order valence-electron chi connectivity index (χ1n) is 10.7. The molecule has 0 fully saturated rings. The molecule has 0 aliphatic heterocycles. The van der Waals surface area contributed by atoms with E-state index < -0.39 is 0 Å². The van der Waals surface area contributed by atoms with Crippen molar-refractivity contribution in [3.63, 3.8) is 0 Å². The molecule has 4 aromatic rings. The lowest BCUT2D eigenvalue weighted by molar-refractivity contribution is -0.118. The summed E-state index contributed by atoms with van der Waals surface area (Å²) in [5.74, 6) is 1.32. The van der Waals surface area contributed by atoms with Gasteiger partial charge in [0.25, 0.3) is 5.91 Å². The van der Waals surface area contributed by atoms with Crippen molar-refractivity contribution >= 4 is 45.9 Å². The van der Waals surface area contributed by atoms with Gasteiger partial charge in [-0.3, -0.25) is 9.36 Å². The molecule has 0 radical (unpaired) electrons. The van der Waals surface area contributed by atoms with Gasteiger partial charge in [-0.2, -0.15) is 5.10 Å². The summed E-state index contributed by atoms with van der Waals surface area (Å²) in [6.07, 6.45) is 3.46. The summed E-state index contributed by atoms with van der Waals surface area (Å²) in [4.78, 5) is 12.4. The van der Waals surface area contributed by atoms with E-state index in [1.54, 1.807) is 13.3 Å². The maximum atomic E-state index is 12.4. The third-order valence-electron chi connectivity index (χ3n) is 4.81. The molecule has 0 saturated heterocycles. The van der Waals surface area contributed by atoms with E-state index in [1.165, 1.54) is 11.8 Å². The summed E-state index contributed by atoms with van der Waals surface area (Å²) in [5.41, 5.74) is 5.37. The number of methoxy groups -OCH3 is 1. The van der Waals surface area contributed by atoms with Crippen LogP contribution < -0.4 is 10.2 Å². The lowest BCUT2D eigenvalue weighted by atomic mass is 10.2. The van der Waals surface area contributed by atoms with Gasteiger partial charge in [0.1, 0.15) is 5.75 Å². The molecular formula is C26H22BrN5O2S. The molecule has 1 amide bonds. The van der Waals surface area contributed by atoms with Crippen LogP contribution in [0.2, 0.25) is 0 Å². The van der Waals surface area contributed by atoms with Gasteiger partial charge in [-0.05, 0) is 64.0 Å². The van der Waals surface area contributed by atoms with Crippen LogP contribution in [-0.4, -0.2) is 39.7 Å². The number of hydrogen-bond donors (Lipinski definition) is 1. The largest absolute Gasteiger partial charge is 0.497 e. The van der Waals surface area contributed by atoms with Crippen LogP contribution in [0.5, 0.6) is 5.75 Å². The zero-order chi connectivity index (χ0) is 24.5. The zero-order valence-electron chi connectivity index (χ0n) is 18.8. The van der Waals surface area contributed by atoms with E-state index in [0.29, 0.717) is 11.0 Å². The van der Waals surface area contributed by atoms with Crippen molar-refractivity contribution in [2.24, 2.45) is 5.10 Å². The molecule has 0 aliphatic rings. The van der Waals surface area contributed by atoms with Crippen LogP contribution in [0.15, 0.2) is 99.7 Å². The van der Waals surface area contributed by atoms with Crippen molar-refractivity contribution in [1.29, 1.82) is 0 Å². The summed E-state index contributed by atoms with van der Waals surface area (Å²) in [5, 5.41) is 13.4. The zero-order valence-corrected chi connectivity index (χ0v) is 21.2. The SMILES string of the molecule is COc1ccc(-c2nnc(SCC(=O)NN=CC(Br)=Cc3ccccc3)n2-c2ccccc2)cc1. The number of nitrogens with zero attached hydrogens (tertiary/aromatic N) is 4. The van der Waals surface area contributed by atoms with Gasteiger partial charge < -0.3 is 4.74 Å². The average molecular weight is 548 g/mol. The first kappa shape index (κ1) is 24.4. The Kier molecular flexibility index (Phi) is 8.48. The molecule has 0 bridgehead atoms. The smallest absolute Gasteiger partial charge is 0.250 e. The lowest BCUT2D eigenvalue weighted by Gasteiger charge is -2.10. The van der Waals surface area contributed by atoms with E-state index in [0.717, 1.165) is 27.0 Å². The highest BCUT2D eigenvalue weighted by Crippen LogP contribution is 2.28. The molecule has 176 valence electrons. The van der Waals surface area contributed by atoms with Gasteiger partial charge in [0, 0.05) is 15.7 Å². The van der Waals surface area contributed by atoms with Crippen LogP contribution in [0.4, 0.5) is 0 Å². The minimum absolute atomic E-state index is 0.130. The van der Waals surface area contributed by atoms with Gasteiger partial charge >= 0.3 is 0 Å². The first-order valence-corrected chi connectivity index (χ1v) is 12.4. The highest BCUT2D eigenvalue weighted by atomic mass is 79.9. The summed E-state index contributed by atoms with van der Waals surface area (Å²) in [6, 6.07) is 27.2. The van der Waals surface area contributed by atoms with Crippen LogP contribution in [-0.2, 0) is 4.79 Å². The molecule has 9 heteroatoms. The van der Waals surface area contributed by atoms with Crippen molar-refractivity contribution in [2.45, 2.75) is 5.16 Å². The van der Waals surface area contributed by atoms with Crippen LogP contribution in [0.3, 0.4) is 0 Å². The van der Waals surface area contributed by atoms with E-state index in [9.17, 15) is 4.79 Å². The van der Waals surface area contributed by atoms with E-state index in [-0.39, 0.29) is 11.7 Å². The molecule has 1 N–H and O–H groups in total. The number of hydrogen-bond acceptors (Lipinski definition) is 6. The van der Waals surface area contributed by atoms with Crippen molar-refractivity contribution in [2.75, 3.05) is 12.9 Å². The summed E-state index contributed by atoms with van der Waals surface area (Å²) in [6.45, 7) is 0. The Morgan fingerprint density at radius 3 is 2.40 bits per heavy atom. The van der Waals surface area contributed by atoms with Gasteiger partial charge in [0.15, 0.2) is 11.0 Å². The standard InChI is InChI=1S/C26H22BrN5O2S/c1-34-23-14-12-20(13-15-23)25-30-31-26(32(25)22-10-6-3-7-11-22)35-18-24(33)29-28-17-21(27)16-19-8-4-2-5-9-19/h2-17H,18H2,1H3,(H,29,33). The second kappa shape index (κ2) is 12.1. The normalized spacial score (nSPS) is 11.5. The predicted molar refractivity (Wildman–Crippen MR) is 144 cm³/mol. The Bertz CT molecular complexity index is 1320. The highest BCUT2D eigenvalue weighted by molar-refractivity contribution is 9.12. The number of carbonyl (C=O) groups is 1. The summed E-state index contributed by atoms with van der Waals surface area (Å²) in [7, 11) is 1.63. The molecule has 1 heterocycles. The van der Waals surface area contributed by atoms with E-state index in [2.05, 4.69) is 36.7 Å². The second-order valence-corrected chi connectivity index (χ2v) is 9.09. The average Bonchev–Trinajstić information content (AvgIpc) is 3.32. The third-order valence-corrected chi connectivity index (χ3v) is 6.17. The van der Waals surface area contributed by atoms with Gasteiger partial charge in [-0.15, -0.1) is 10.2 Å². The number of allylic oxidation sites excluding steroid dienone is 1. The molecule has 3 aromatic carbocycles. The number of nitrogens with one attached hydrogen (secondary N) is 1. The Balaban J connectivity index is 1.45. The van der Waals surface area contributed by atoms with Crippen molar-refractivity contribution < 1.29 is 9.53 Å². The van der Waals surface area contributed by atoms with Gasteiger partial charge in [-0.25, -0.2) is 5.43 Å². The minimum atomic E-state index is -0.250. The number of rotatable bonds is 9. The molecule has 1 aromatic heterocycles. The fourth-order valence-electron chi connectivity index (χ4n) is 3.17. The third kappa shape index (κ3) is 6.68. The molecule has 0 unspecified atom stereocenters. The predicted octanol–water partition coefficient (Wildman–Crippen LogP) is 5.57. The van der Waals surface area contributed by atoms with Crippen LogP contribution in [0, 0.1) is 0 Å². The van der Waals surface area contributed by atoms with Crippen molar-refractivity contribution in [3.05, 3.63) is 95.0 Å². The van der Waals surface area contributed by atoms with Gasteiger partial charge in [0.2, 0.25) is 0 Å². The molecule has 7 nitrogen and oxygen atoms in total. The molecule has 0 aliphatic carbocycles. The van der Waals surface area contributed by atoms with Crippen molar-refractivity contribution in [1.82, 2.24) is 20.2 Å². The van der Waals surface area contributed by atoms with E-state index >= 15 is 0 Å². The van der Waals surface area contributed by atoms with Crippen molar-refractivity contribution in [3.8, 4) is 22.8 Å². The number of aromatic nitrogens is 3. The van der Waals surface area contributed by atoms with Gasteiger partial charge in [0.05, 0.1) is 19.1 Å². The van der Waals surface area contributed by atoms with Crippen LogP contribution >= 0.6 is 27.7 Å². The number of para-hydroxylation sites is 1. The number of amides is 1. The van der Waals surface area contributed by atoms with E-state index in [4.69, 9.17) is 4.74 Å². The molecule has 0 saturated carbocycles. The fourth-order valence-corrected chi connectivity index (χ4v) is 4.29. The van der Waals surface area contributed by atoms with Gasteiger partial charge in [-0.1, -0.05) is 60.3 Å². The highest BCUT2D eigenvalue weighted by Gasteiger charge is 2.17. The Labute approximate surface area is 216 Å². The van der Waals surface area contributed by atoms with Crippen LogP contribution in [0.1, 0.15) is 5.56 Å². The molecule has 0 spiro atoms. The fraction of sp³-hybridized carbons (Fsp3) is 0.0769. The molecule has 0 atom stereocenters. The lowest BCUT2D eigenvalue weighted by Crippen LogP contribution is -2.19. The number of thioether (sulfide) groups is 1. The van der Waals surface area contributed by atoms with Crippen LogP contribution in [0.25, 0.3) is 23.2 Å². The summed E-state index contributed by atoms with van der Waals surface area (Å²) < 4.78 is 7.93. The molecular weight excluding hydrogens is 526 g/mol. The monoisotopic (exact) mass is 547 g/mol. The quantitative estimate of drug-likeness (QED) is 0.168. The second-order valence-electron chi connectivity index (χ2n) is 7.23. The first-order chi connectivity index (χ1) is 17.1. The van der Waals surface area contributed by atoms with E-state index in [1.807, 2.05) is 95.6 Å². The maximum Gasteiger partial charge on any atom is 0.250 e. The topological polar surface area (TPSA) is 81.4 Å². The molecule has 4 rings (SSSR count). The number of carbonyl (C=O) groups excluding carboxylic acids is 1. The number of ether oxygens (including phenoxy) is 1. The number of hydrazone groups is 1. The summed E-state index contributed by atoms with van der Waals surface area (Å²) >= 11 is 4.72. The Morgan fingerprint density at radius 1 is 1.03 bits per heavy atom.